The molecular formula is C23H26N2O3. The largest absolute Gasteiger partial charge is 0.506 e. The fraction of sp³-hybridized carbons (Fsp3) is 0.304. The lowest BCUT2D eigenvalue weighted by atomic mass is 9.88. The molecule has 2 aromatic carbocycles. The molecule has 3 rings (SSSR count). The second-order valence-electron chi connectivity index (χ2n) is 7.08. The van der Waals surface area contributed by atoms with Gasteiger partial charge in [0.2, 0.25) is 0 Å². The number of carbonyl (C=O) groups excluding carboxylic acids is 1. The van der Waals surface area contributed by atoms with E-state index in [9.17, 15) is 9.90 Å². The van der Waals surface area contributed by atoms with Crippen LogP contribution in [0.3, 0.4) is 0 Å². The summed E-state index contributed by atoms with van der Waals surface area (Å²) in [6.07, 6.45) is 2.59. The molecule has 0 aliphatic carbocycles. The number of hydrogen-bond donors (Lipinski definition) is 2. The number of aliphatic hydroxyl groups is 1. The van der Waals surface area contributed by atoms with Gasteiger partial charge in [-0.3, -0.25) is 4.79 Å². The molecule has 1 amide bonds. The number of ether oxygens (including phenoxy) is 1. The third-order valence-corrected chi connectivity index (χ3v) is 5.32. The molecule has 0 aromatic heterocycles. The quantitative estimate of drug-likeness (QED) is 0.462. The van der Waals surface area contributed by atoms with Crippen LogP contribution >= 0.6 is 0 Å². The molecule has 2 aromatic rings. The number of amides is 1. The van der Waals surface area contributed by atoms with Crippen LogP contribution in [0.5, 0.6) is 5.75 Å². The van der Waals surface area contributed by atoms with Gasteiger partial charge in [-0.25, -0.2) is 0 Å². The van der Waals surface area contributed by atoms with Crippen molar-refractivity contribution in [2.24, 2.45) is 0 Å². The van der Waals surface area contributed by atoms with Crippen LogP contribution in [0.2, 0.25) is 0 Å². The van der Waals surface area contributed by atoms with Gasteiger partial charge in [-0.2, -0.15) is 0 Å². The molecule has 1 aliphatic rings. The lowest BCUT2D eigenvalue weighted by Gasteiger charge is -2.33. The van der Waals surface area contributed by atoms with Crippen molar-refractivity contribution in [1.82, 2.24) is 4.90 Å². The summed E-state index contributed by atoms with van der Waals surface area (Å²) in [6, 6.07) is 15.3. The van der Waals surface area contributed by atoms with Crippen molar-refractivity contribution >= 4 is 17.9 Å². The van der Waals surface area contributed by atoms with Crippen LogP contribution in [0.1, 0.15) is 35.4 Å². The lowest BCUT2D eigenvalue weighted by Crippen LogP contribution is -2.39. The van der Waals surface area contributed by atoms with E-state index in [-0.39, 0.29) is 17.2 Å². The summed E-state index contributed by atoms with van der Waals surface area (Å²) in [5.74, 6) is 0.765. The third kappa shape index (κ3) is 4.09. The van der Waals surface area contributed by atoms with Gasteiger partial charge < -0.3 is 20.2 Å². The van der Waals surface area contributed by atoms with E-state index < -0.39 is 0 Å². The number of benzene rings is 2. The topological polar surface area (TPSA) is 73.6 Å². The van der Waals surface area contributed by atoms with Crippen molar-refractivity contribution in [2.75, 3.05) is 20.2 Å². The average Bonchev–Trinajstić information content (AvgIpc) is 2.74. The van der Waals surface area contributed by atoms with Crippen LogP contribution in [0, 0.1) is 12.3 Å². The first-order valence-electron chi connectivity index (χ1n) is 9.48. The van der Waals surface area contributed by atoms with Crippen molar-refractivity contribution in [3.05, 3.63) is 70.8 Å². The Bertz CT molecular complexity index is 879. The molecule has 0 saturated carbocycles. The Balaban J connectivity index is 1.74. The van der Waals surface area contributed by atoms with Gasteiger partial charge in [-0.05, 0) is 37.3 Å². The number of piperidine rings is 1. The fourth-order valence-corrected chi connectivity index (χ4v) is 3.67. The molecule has 0 spiro atoms. The molecule has 0 bridgehead atoms. The zero-order valence-corrected chi connectivity index (χ0v) is 16.3. The monoisotopic (exact) mass is 378 g/mol. The van der Waals surface area contributed by atoms with Crippen molar-refractivity contribution < 1.29 is 14.6 Å². The molecule has 1 saturated heterocycles. The number of aryl methyl sites for hydroxylation is 1. The third-order valence-electron chi connectivity index (χ3n) is 5.32. The first-order chi connectivity index (χ1) is 13.5. The summed E-state index contributed by atoms with van der Waals surface area (Å²) in [5.41, 5.74) is 2.81. The second-order valence-corrected chi connectivity index (χ2v) is 7.08. The second kappa shape index (κ2) is 8.74. The van der Waals surface area contributed by atoms with E-state index in [4.69, 9.17) is 10.1 Å². The summed E-state index contributed by atoms with van der Waals surface area (Å²) >= 11 is 0. The zero-order chi connectivity index (χ0) is 20.1. The van der Waals surface area contributed by atoms with E-state index in [0.717, 1.165) is 30.4 Å². The lowest BCUT2D eigenvalue weighted by molar-refractivity contribution is -0.127. The number of carbonyl (C=O) groups is 1. The van der Waals surface area contributed by atoms with Crippen LogP contribution in [0.15, 0.2) is 54.1 Å². The van der Waals surface area contributed by atoms with Gasteiger partial charge in [0.15, 0.2) is 0 Å². The maximum Gasteiger partial charge on any atom is 0.259 e. The molecule has 0 atom stereocenters. The van der Waals surface area contributed by atoms with Crippen LogP contribution in [-0.4, -0.2) is 42.3 Å². The maximum atomic E-state index is 12.9. The average molecular weight is 378 g/mol. The van der Waals surface area contributed by atoms with Crippen molar-refractivity contribution in [1.29, 1.82) is 5.41 Å². The highest BCUT2D eigenvalue weighted by molar-refractivity contribution is 6.16. The van der Waals surface area contributed by atoms with E-state index >= 15 is 0 Å². The number of nitrogens with zero attached hydrogens (tertiary/aromatic N) is 1. The maximum absolute atomic E-state index is 12.9. The highest BCUT2D eigenvalue weighted by atomic mass is 16.5. The van der Waals surface area contributed by atoms with Gasteiger partial charge in [0.1, 0.15) is 11.5 Å². The zero-order valence-electron chi connectivity index (χ0n) is 16.3. The Hall–Kier alpha value is -3.08. The van der Waals surface area contributed by atoms with Crippen molar-refractivity contribution in [3.8, 4) is 5.75 Å². The molecule has 5 heteroatoms. The molecule has 0 radical (unpaired) electrons. The first kappa shape index (κ1) is 19.7. The minimum absolute atomic E-state index is 0.0274. The normalized spacial score (nSPS) is 15.7. The van der Waals surface area contributed by atoms with Gasteiger partial charge in [0.25, 0.3) is 5.91 Å². The van der Waals surface area contributed by atoms with E-state index in [1.54, 1.807) is 24.1 Å². The van der Waals surface area contributed by atoms with Gasteiger partial charge in [0, 0.05) is 24.9 Å². The predicted molar refractivity (Wildman–Crippen MR) is 111 cm³/mol. The fourth-order valence-electron chi connectivity index (χ4n) is 3.67. The van der Waals surface area contributed by atoms with E-state index in [0.29, 0.717) is 24.6 Å². The minimum atomic E-state index is -0.299. The van der Waals surface area contributed by atoms with Crippen LogP contribution < -0.4 is 4.74 Å². The summed E-state index contributed by atoms with van der Waals surface area (Å²) in [4.78, 5) is 14.6. The molecule has 1 heterocycles. The van der Waals surface area contributed by atoms with Gasteiger partial charge in [-0.15, -0.1) is 0 Å². The first-order valence-corrected chi connectivity index (χ1v) is 9.48. The number of para-hydroxylation sites is 1. The molecule has 28 heavy (non-hydrogen) atoms. The molecule has 1 aliphatic heterocycles. The number of hydrogen-bond acceptors (Lipinski definition) is 4. The Morgan fingerprint density at radius 1 is 1.14 bits per heavy atom. The molecule has 2 N–H and O–H groups in total. The summed E-state index contributed by atoms with van der Waals surface area (Å²) in [5, 5.41) is 18.2. The highest BCUT2D eigenvalue weighted by Crippen LogP contribution is 2.34. The Kier molecular flexibility index (Phi) is 6.14. The van der Waals surface area contributed by atoms with E-state index in [1.165, 1.54) is 5.56 Å². The standard InChI is InChI=1S/C23H26N2O3/c1-16-7-9-18(10-8-16)22(26)20(15-24)23(27)25-13-11-17(12-14-25)19-5-3-4-6-21(19)28-2/h3-10,15,17,24,26H,11-14H2,1-2H3/b22-20+,24-15?. The van der Waals surface area contributed by atoms with E-state index in [2.05, 4.69) is 6.07 Å². The number of likely N-dealkylation sites (tertiary alicyclic amines) is 1. The predicted octanol–water partition coefficient (Wildman–Crippen LogP) is 4.33. The van der Waals surface area contributed by atoms with Crippen LogP contribution in [-0.2, 0) is 4.79 Å². The molecule has 0 unspecified atom stereocenters. The van der Waals surface area contributed by atoms with Crippen LogP contribution in [0.4, 0.5) is 0 Å². The minimum Gasteiger partial charge on any atom is -0.506 e. The van der Waals surface area contributed by atoms with Gasteiger partial charge in [-0.1, -0.05) is 48.0 Å². The van der Waals surface area contributed by atoms with Crippen molar-refractivity contribution in [3.63, 3.8) is 0 Å². The smallest absolute Gasteiger partial charge is 0.259 e. The molecule has 146 valence electrons. The summed E-state index contributed by atoms with van der Waals surface area (Å²) < 4.78 is 5.47. The van der Waals surface area contributed by atoms with Crippen molar-refractivity contribution in [2.45, 2.75) is 25.7 Å². The molecular weight excluding hydrogens is 352 g/mol. The molecule has 1 fully saturated rings. The summed E-state index contributed by atoms with van der Waals surface area (Å²) in [7, 11) is 1.67. The Labute approximate surface area is 165 Å². The number of aliphatic hydroxyl groups excluding tert-OH is 1. The van der Waals surface area contributed by atoms with Gasteiger partial charge in [0.05, 0.1) is 12.7 Å². The van der Waals surface area contributed by atoms with Gasteiger partial charge >= 0.3 is 0 Å². The number of methoxy groups -OCH3 is 1. The molecule has 5 nitrogen and oxygen atoms in total. The Morgan fingerprint density at radius 3 is 2.39 bits per heavy atom. The highest BCUT2D eigenvalue weighted by Gasteiger charge is 2.28. The summed E-state index contributed by atoms with van der Waals surface area (Å²) in [6.45, 7) is 3.12. The Morgan fingerprint density at radius 2 is 1.79 bits per heavy atom. The number of nitrogens with one attached hydrogen (secondary N) is 1. The van der Waals surface area contributed by atoms with Crippen LogP contribution in [0.25, 0.3) is 5.76 Å². The SMILES string of the molecule is COc1ccccc1C1CCN(C(=O)/C(C=N)=C(/O)c2ccc(C)cc2)CC1. The van der Waals surface area contributed by atoms with E-state index in [1.807, 2.05) is 37.3 Å². The number of rotatable bonds is 5.